The van der Waals surface area contributed by atoms with Crippen LogP contribution < -0.4 is 4.31 Å². The zero-order valence-electron chi connectivity index (χ0n) is 20.8. The van der Waals surface area contributed by atoms with Crippen molar-refractivity contribution in [2.45, 2.75) is 37.2 Å². The molecule has 1 aliphatic heterocycles. The minimum absolute atomic E-state index is 0.0850. The average molecular weight is 529 g/mol. The number of sulfonamides is 1. The summed E-state index contributed by atoms with van der Waals surface area (Å²) < 4.78 is 41.1. The van der Waals surface area contributed by atoms with Crippen LogP contribution in [0, 0.1) is 12.7 Å². The molecule has 198 valence electrons. The van der Waals surface area contributed by atoms with Crippen molar-refractivity contribution in [2.24, 2.45) is 0 Å². The second-order valence-electron chi connectivity index (χ2n) is 9.01. The number of carboxylic acids is 1. The zero-order valence-corrected chi connectivity index (χ0v) is 21.6. The fourth-order valence-electron chi connectivity index (χ4n) is 4.06. The zero-order chi connectivity index (χ0) is 26.8. The van der Waals surface area contributed by atoms with E-state index in [2.05, 4.69) is 4.90 Å². The monoisotopic (exact) mass is 528 g/mol. The van der Waals surface area contributed by atoms with Crippen molar-refractivity contribution in [1.82, 2.24) is 4.90 Å². The van der Waals surface area contributed by atoms with Gasteiger partial charge in [-0.05, 0) is 81.4 Å². The Balaban J connectivity index is 0.000000356. The van der Waals surface area contributed by atoms with E-state index < -0.39 is 27.9 Å². The molecule has 3 aromatic carbocycles. The molecule has 7 nitrogen and oxygen atoms in total. The van der Waals surface area contributed by atoms with Crippen LogP contribution in [0.5, 0.6) is 0 Å². The van der Waals surface area contributed by atoms with E-state index in [-0.39, 0.29) is 11.4 Å². The number of aliphatic hydroxyl groups is 1. The lowest BCUT2D eigenvalue weighted by Gasteiger charge is -2.31. The summed E-state index contributed by atoms with van der Waals surface area (Å²) in [6.07, 6.45) is 2.53. The first-order chi connectivity index (χ1) is 17.7. The predicted molar refractivity (Wildman–Crippen MR) is 142 cm³/mol. The van der Waals surface area contributed by atoms with Gasteiger partial charge < -0.3 is 15.1 Å². The van der Waals surface area contributed by atoms with E-state index in [0.29, 0.717) is 17.8 Å². The number of halogens is 1. The first kappa shape index (κ1) is 28.3. The van der Waals surface area contributed by atoms with Crippen LogP contribution in [-0.4, -0.2) is 61.8 Å². The van der Waals surface area contributed by atoms with E-state index in [9.17, 15) is 22.7 Å². The van der Waals surface area contributed by atoms with Crippen molar-refractivity contribution < 1.29 is 27.8 Å². The van der Waals surface area contributed by atoms with Crippen LogP contribution in [0.3, 0.4) is 0 Å². The number of likely N-dealkylation sites (tertiary alicyclic amines) is 1. The summed E-state index contributed by atoms with van der Waals surface area (Å²) in [6.45, 7) is 4.05. The van der Waals surface area contributed by atoms with Gasteiger partial charge in [-0.3, -0.25) is 4.31 Å². The third kappa shape index (κ3) is 8.38. The summed E-state index contributed by atoms with van der Waals surface area (Å²) in [7, 11) is -3.89. The molecule has 3 aromatic rings. The van der Waals surface area contributed by atoms with Gasteiger partial charge in [0.2, 0.25) is 0 Å². The van der Waals surface area contributed by atoms with E-state index in [1.165, 1.54) is 35.0 Å². The second kappa shape index (κ2) is 13.3. The van der Waals surface area contributed by atoms with Gasteiger partial charge in [-0.15, -0.1) is 0 Å². The molecule has 4 rings (SSSR count). The molecule has 1 atom stereocenters. The van der Waals surface area contributed by atoms with Gasteiger partial charge in [0.25, 0.3) is 10.0 Å². The molecule has 0 radical (unpaired) electrons. The summed E-state index contributed by atoms with van der Waals surface area (Å²) in [5, 5.41) is 19.0. The smallest absolute Gasteiger partial charge is 0.335 e. The Morgan fingerprint density at radius 1 is 0.946 bits per heavy atom. The maximum atomic E-state index is 13.4. The van der Waals surface area contributed by atoms with Crippen LogP contribution in [0.2, 0.25) is 0 Å². The number of piperidine rings is 1. The van der Waals surface area contributed by atoms with Crippen molar-refractivity contribution >= 4 is 21.7 Å². The van der Waals surface area contributed by atoms with Gasteiger partial charge in [-0.25, -0.2) is 17.6 Å². The molecule has 0 bridgehead atoms. The third-order valence-electron chi connectivity index (χ3n) is 6.04. The SMILES string of the molecule is Cc1ccc(S(=O)(=O)N(CC(O)CN2CCCCC2)c2ccc(F)cc2)cc1.O=C(O)c1ccccc1. The lowest BCUT2D eigenvalue weighted by atomic mass is 10.1. The topological polar surface area (TPSA) is 98.2 Å². The summed E-state index contributed by atoms with van der Waals surface area (Å²) in [4.78, 5) is 12.5. The molecule has 1 heterocycles. The number of nitrogens with zero attached hydrogens (tertiary/aromatic N) is 2. The molecule has 1 fully saturated rings. The van der Waals surface area contributed by atoms with Crippen LogP contribution in [0.1, 0.15) is 35.2 Å². The number of aliphatic hydroxyl groups excluding tert-OH is 1. The average Bonchev–Trinajstić information content (AvgIpc) is 2.89. The van der Waals surface area contributed by atoms with E-state index in [4.69, 9.17) is 5.11 Å². The van der Waals surface area contributed by atoms with Crippen molar-refractivity contribution in [3.8, 4) is 0 Å². The predicted octanol–water partition coefficient (Wildman–Crippen LogP) is 4.56. The fourth-order valence-corrected chi connectivity index (χ4v) is 5.56. The van der Waals surface area contributed by atoms with Gasteiger partial charge in [0.1, 0.15) is 5.82 Å². The van der Waals surface area contributed by atoms with Crippen LogP contribution >= 0.6 is 0 Å². The number of hydrogen-bond acceptors (Lipinski definition) is 5. The lowest BCUT2D eigenvalue weighted by molar-refractivity contribution is 0.0697. The Bertz CT molecular complexity index is 1230. The number of carbonyl (C=O) groups is 1. The fraction of sp³-hybridized carbons (Fsp3) is 0.321. The summed E-state index contributed by atoms with van der Waals surface area (Å²) >= 11 is 0. The first-order valence-corrected chi connectivity index (χ1v) is 13.6. The van der Waals surface area contributed by atoms with Gasteiger partial charge >= 0.3 is 5.97 Å². The Labute approximate surface area is 217 Å². The van der Waals surface area contributed by atoms with Gasteiger partial charge in [0.15, 0.2) is 0 Å². The minimum atomic E-state index is -3.89. The molecular formula is C28H33FN2O5S. The van der Waals surface area contributed by atoms with E-state index >= 15 is 0 Å². The number of rotatable bonds is 8. The van der Waals surface area contributed by atoms with Gasteiger partial charge in [0.05, 0.1) is 28.8 Å². The van der Waals surface area contributed by atoms with Crippen LogP contribution in [0.4, 0.5) is 10.1 Å². The number of aryl methyl sites for hydroxylation is 1. The molecule has 0 saturated carbocycles. The highest BCUT2D eigenvalue weighted by Gasteiger charge is 2.28. The maximum absolute atomic E-state index is 13.4. The number of β-amino-alcohol motifs (C(OH)–C–C–N with tert-alkyl or cyclic N) is 1. The van der Waals surface area contributed by atoms with Crippen LogP contribution in [0.15, 0.2) is 83.8 Å². The highest BCUT2D eigenvalue weighted by atomic mass is 32.2. The molecule has 9 heteroatoms. The Morgan fingerprint density at radius 2 is 1.54 bits per heavy atom. The van der Waals surface area contributed by atoms with Crippen molar-refractivity contribution in [2.75, 3.05) is 30.5 Å². The molecule has 37 heavy (non-hydrogen) atoms. The van der Waals surface area contributed by atoms with Gasteiger partial charge in [-0.2, -0.15) is 0 Å². The molecular weight excluding hydrogens is 495 g/mol. The molecule has 1 aliphatic rings. The van der Waals surface area contributed by atoms with Gasteiger partial charge in [0, 0.05) is 6.54 Å². The first-order valence-electron chi connectivity index (χ1n) is 12.2. The molecule has 0 aromatic heterocycles. The number of aromatic carboxylic acids is 1. The number of benzene rings is 3. The normalized spacial score (nSPS) is 14.8. The molecule has 1 unspecified atom stereocenters. The van der Waals surface area contributed by atoms with Gasteiger partial charge in [-0.1, -0.05) is 42.3 Å². The standard InChI is InChI=1S/C21H27FN2O3S.C7H6O2/c1-17-5-11-21(12-6-17)28(26,27)24(19-9-7-18(22)8-10-19)16-20(25)15-23-13-3-2-4-14-23;8-7(9)6-4-2-1-3-5-6/h5-12,20,25H,2-4,13-16H2,1H3;1-5H,(H,8,9). The number of anilines is 1. The van der Waals surface area contributed by atoms with E-state index in [1.807, 2.05) is 6.92 Å². The maximum Gasteiger partial charge on any atom is 0.335 e. The molecule has 2 N–H and O–H groups in total. The van der Waals surface area contributed by atoms with Crippen LogP contribution in [0.25, 0.3) is 0 Å². The second-order valence-corrected chi connectivity index (χ2v) is 10.9. The largest absolute Gasteiger partial charge is 0.478 e. The van der Waals surface area contributed by atoms with Crippen LogP contribution in [-0.2, 0) is 10.0 Å². The summed E-state index contributed by atoms with van der Waals surface area (Å²) in [5.74, 6) is -1.32. The molecule has 0 aliphatic carbocycles. The molecule has 1 saturated heterocycles. The Morgan fingerprint density at radius 3 is 2.08 bits per heavy atom. The lowest BCUT2D eigenvalue weighted by Crippen LogP contribution is -2.44. The highest BCUT2D eigenvalue weighted by molar-refractivity contribution is 7.92. The minimum Gasteiger partial charge on any atom is -0.478 e. The van der Waals surface area contributed by atoms with Crippen molar-refractivity contribution in [3.63, 3.8) is 0 Å². The number of carboxylic acid groups (broad SMARTS) is 1. The van der Waals surface area contributed by atoms with E-state index in [1.54, 1.807) is 54.6 Å². The summed E-state index contributed by atoms with van der Waals surface area (Å²) in [5.41, 5.74) is 1.62. The third-order valence-corrected chi connectivity index (χ3v) is 7.85. The van der Waals surface area contributed by atoms with Crippen molar-refractivity contribution in [3.05, 3.63) is 95.8 Å². The quantitative estimate of drug-likeness (QED) is 0.445. The highest BCUT2D eigenvalue weighted by Crippen LogP contribution is 2.25. The number of hydrogen-bond donors (Lipinski definition) is 2. The van der Waals surface area contributed by atoms with E-state index in [0.717, 1.165) is 31.5 Å². The Kier molecular flexibility index (Phi) is 10.2. The summed E-state index contributed by atoms with van der Waals surface area (Å²) in [6, 6.07) is 20.2. The molecule has 0 spiro atoms. The molecule has 0 amide bonds. The van der Waals surface area contributed by atoms with Crippen molar-refractivity contribution in [1.29, 1.82) is 0 Å². The Hall–Kier alpha value is -3.27.